The van der Waals surface area contributed by atoms with E-state index in [-0.39, 0.29) is 36.8 Å². The molecule has 3 rings (SSSR count). The van der Waals surface area contributed by atoms with Crippen molar-refractivity contribution in [2.75, 3.05) is 31.1 Å². The van der Waals surface area contributed by atoms with Crippen molar-refractivity contribution < 1.29 is 4.79 Å². The molecule has 4 nitrogen and oxygen atoms in total. The van der Waals surface area contributed by atoms with Gasteiger partial charge < -0.3 is 15.5 Å². The van der Waals surface area contributed by atoms with Gasteiger partial charge in [-0.2, -0.15) is 0 Å². The topological polar surface area (TPSA) is 44.4 Å². The maximum Gasteiger partial charge on any atom is 0.220 e. The molecule has 2 saturated heterocycles. The minimum Gasteiger partial charge on any atom is -0.372 e. The summed E-state index contributed by atoms with van der Waals surface area (Å²) < 4.78 is 0. The molecule has 0 bridgehead atoms. The minimum absolute atomic E-state index is 0. The fourth-order valence-electron chi connectivity index (χ4n) is 3.66. The molecule has 142 valence electrons. The summed E-state index contributed by atoms with van der Waals surface area (Å²) in [7, 11) is 0. The number of nitrogens with zero attached hydrogens (tertiary/aromatic N) is 1. The molecule has 0 saturated carbocycles. The normalized spacial score (nSPS) is 20.5. The van der Waals surface area contributed by atoms with E-state index in [9.17, 15) is 4.79 Å². The van der Waals surface area contributed by atoms with Crippen LogP contribution in [0, 0.1) is 5.92 Å². The predicted molar refractivity (Wildman–Crippen MR) is 109 cm³/mol. The second kappa shape index (κ2) is 10.9. The van der Waals surface area contributed by atoms with E-state index in [1.807, 2.05) is 0 Å². The number of amides is 1. The second-order valence-electron chi connectivity index (χ2n) is 6.98. The largest absolute Gasteiger partial charge is 0.372 e. The van der Waals surface area contributed by atoms with Gasteiger partial charge in [0.15, 0.2) is 0 Å². The van der Waals surface area contributed by atoms with Crippen LogP contribution in [0.4, 0.5) is 5.69 Å². The Morgan fingerprint density at radius 1 is 1.32 bits per heavy atom. The minimum atomic E-state index is 0. The molecular weight excluding hydrogens is 357 g/mol. The molecule has 1 aromatic rings. The van der Waals surface area contributed by atoms with Crippen LogP contribution in [0.3, 0.4) is 0 Å². The molecule has 2 fully saturated rings. The van der Waals surface area contributed by atoms with Crippen LogP contribution in [0.1, 0.15) is 50.6 Å². The van der Waals surface area contributed by atoms with E-state index in [2.05, 4.69) is 46.7 Å². The van der Waals surface area contributed by atoms with Crippen molar-refractivity contribution in [1.29, 1.82) is 0 Å². The van der Waals surface area contributed by atoms with E-state index < -0.39 is 0 Å². The summed E-state index contributed by atoms with van der Waals surface area (Å²) >= 11 is 0. The Bertz CT molecular complexity index is 529. The first-order valence-electron chi connectivity index (χ1n) is 9.07. The average molecular weight is 388 g/mol. The fraction of sp³-hybridized carbons (Fsp3) is 0.632. The number of nitrogens with one attached hydrogen (secondary N) is 2. The van der Waals surface area contributed by atoms with Gasteiger partial charge >= 0.3 is 0 Å². The lowest BCUT2D eigenvalue weighted by Crippen LogP contribution is -2.27. The number of rotatable bonds is 6. The Labute approximate surface area is 163 Å². The summed E-state index contributed by atoms with van der Waals surface area (Å²) in [5, 5.41) is 6.52. The molecule has 2 aliphatic heterocycles. The van der Waals surface area contributed by atoms with E-state index in [1.54, 1.807) is 0 Å². The number of hydrogen-bond donors (Lipinski definition) is 2. The standard InChI is InChI=1S/C19H29N3O.2ClH/c1-15(21-19(23)8-7-16-9-10-20-14-16)17-5-4-6-18(13-17)22-11-2-3-12-22;;/h4-6,13,15-16,20H,2-3,7-12,14H2,1H3,(H,21,23);2*1H. The summed E-state index contributed by atoms with van der Waals surface area (Å²) in [6.45, 7) is 6.56. The Balaban J connectivity index is 0.00000156. The molecule has 1 aromatic carbocycles. The highest BCUT2D eigenvalue weighted by atomic mass is 35.5. The third-order valence-electron chi connectivity index (χ3n) is 5.16. The quantitative estimate of drug-likeness (QED) is 0.781. The number of hydrogen-bond acceptors (Lipinski definition) is 3. The molecule has 2 atom stereocenters. The maximum absolute atomic E-state index is 12.2. The van der Waals surface area contributed by atoms with E-state index in [0.29, 0.717) is 12.3 Å². The van der Waals surface area contributed by atoms with E-state index >= 15 is 0 Å². The van der Waals surface area contributed by atoms with Crippen molar-refractivity contribution in [3.63, 3.8) is 0 Å². The van der Waals surface area contributed by atoms with Crippen LogP contribution in [0.25, 0.3) is 0 Å². The summed E-state index contributed by atoms with van der Waals surface area (Å²) in [5.41, 5.74) is 2.49. The smallest absolute Gasteiger partial charge is 0.220 e. The molecule has 2 unspecified atom stereocenters. The predicted octanol–water partition coefficient (Wildman–Crippen LogP) is 3.70. The highest BCUT2D eigenvalue weighted by Crippen LogP contribution is 2.24. The van der Waals surface area contributed by atoms with Gasteiger partial charge in [0.1, 0.15) is 0 Å². The molecule has 2 heterocycles. The van der Waals surface area contributed by atoms with Crippen molar-refractivity contribution in [2.24, 2.45) is 5.92 Å². The van der Waals surface area contributed by atoms with Crippen molar-refractivity contribution in [3.05, 3.63) is 29.8 Å². The van der Waals surface area contributed by atoms with Crippen molar-refractivity contribution in [2.45, 2.75) is 45.1 Å². The highest BCUT2D eigenvalue weighted by Gasteiger charge is 2.17. The zero-order valence-corrected chi connectivity index (χ0v) is 16.6. The van der Waals surface area contributed by atoms with Gasteiger partial charge in [-0.1, -0.05) is 12.1 Å². The van der Waals surface area contributed by atoms with Crippen LogP contribution in [0.2, 0.25) is 0 Å². The average Bonchev–Trinajstić information content (AvgIpc) is 3.26. The van der Waals surface area contributed by atoms with Gasteiger partial charge in [0.25, 0.3) is 0 Å². The van der Waals surface area contributed by atoms with Crippen molar-refractivity contribution in [1.82, 2.24) is 10.6 Å². The van der Waals surface area contributed by atoms with E-state index in [4.69, 9.17) is 0 Å². The van der Waals surface area contributed by atoms with Crippen LogP contribution < -0.4 is 15.5 Å². The summed E-state index contributed by atoms with van der Waals surface area (Å²) in [6, 6.07) is 8.71. The molecule has 1 amide bonds. The van der Waals surface area contributed by atoms with Gasteiger partial charge in [0.2, 0.25) is 5.91 Å². The molecule has 25 heavy (non-hydrogen) atoms. The van der Waals surface area contributed by atoms with Gasteiger partial charge in [0, 0.05) is 25.2 Å². The number of carbonyl (C=O) groups excluding carboxylic acids is 1. The Morgan fingerprint density at radius 3 is 2.76 bits per heavy atom. The Morgan fingerprint density at radius 2 is 2.08 bits per heavy atom. The number of carbonyl (C=O) groups is 1. The van der Waals surface area contributed by atoms with Crippen molar-refractivity contribution in [3.8, 4) is 0 Å². The second-order valence-corrected chi connectivity index (χ2v) is 6.98. The lowest BCUT2D eigenvalue weighted by molar-refractivity contribution is -0.122. The van der Waals surface area contributed by atoms with E-state index in [0.717, 1.165) is 32.6 Å². The van der Waals surface area contributed by atoms with Gasteiger partial charge in [-0.05, 0) is 69.3 Å². The monoisotopic (exact) mass is 387 g/mol. The molecule has 2 N–H and O–H groups in total. The highest BCUT2D eigenvalue weighted by molar-refractivity contribution is 5.85. The van der Waals surface area contributed by atoms with Gasteiger partial charge in [-0.3, -0.25) is 4.79 Å². The van der Waals surface area contributed by atoms with Crippen LogP contribution >= 0.6 is 24.8 Å². The van der Waals surface area contributed by atoms with Crippen molar-refractivity contribution >= 4 is 36.4 Å². The number of benzene rings is 1. The van der Waals surface area contributed by atoms with Crippen LogP contribution in [-0.4, -0.2) is 32.1 Å². The van der Waals surface area contributed by atoms with Crippen LogP contribution in [-0.2, 0) is 4.79 Å². The molecule has 6 heteroatoms. The third-order valence-corrected chi connectivity index (χ3v) is 5.16. The first-order chi connectivity index (χ1) is 11.2. The molecular formula is C19H31Cl2N3O. The molecule has 0 aliphatic carbocycles. The number of halogens is 2. The SMILES string of the molecule is CC(NC(=O)CCC1CCNC1)c1cccc(N2CCCC2)c1.Cl.Cl. The van der Waals surface area contributed by atoms with Crippen LogP contribution in [0.5, 0.6) is 0 Å². The molecule has 0 aromatic heterocycles. The zero-order chi connectivity index (χ0) is 16.1. The van der Waals surface area contributed by atoms with E-state index in [1.165, 1.54) is 30.5 Å². The Hall–Kier alpha value is -0.970. The molecule has 0 spiro atoms. The Kier molecular flexibility index (Phi) is 9.62. The summed E-state index contributed by atoms with van der Waals surface area (Å²) in [4.78, 5) is 14.6. The lowest BCUT2D eigenvalue weighted by atomic mass is 10.0. The maximum atomic E-state index is 12.2. The molecule has 2 aliphatic rings. The lowest BCUT2D eigenvalue weighted by Gasteiger charge is -2.21. The number of anilines is 1. The van der Waals surface area contributed by atoms with Crippen LogP contribution in [0.15, 0.2) is 24.3 Å². The zero-order valence-electron chi connectivity index (χ0n) is 15.0. The van der Waals surface area contributed by atoms with Gasteiger partial charge in [-0.15, -0.1) is 24.8 Å². The molecule has 0 radical (unpaired) electrons. The fourth-order valence-corrected chi connectivity index (χ4v) is 3.66. The van der Waals surface area contributed by atoms with Gasteiger partial charge in [0.05, 0.1) is 6.04 Å². The third kappa shape index (κ3) is 6.36. The summed E-state index contributed by atoms with van der Waals surface area (Å²) in [5.74, 6) is 0.852. The first kappa shape index (κ1) is 22.1. The first-order valence-corrected chi connectivity index (χ1v) is 9.07. The van der Waals surface area contributed by atoms with Gasteiger partial charge in [-0.25, -0.2) is 0 Å². The summed E-state index contributed by atoms with van der Waals surface area (Å²) in [6.07, 6.45) is 5.42.